The molecular weight excluding hydrogens is 328 g/mol. The molecule has 0 spiro atoms. The van der Waals surface area contributed by atoms with Gasteiger partial charge in [-0.2, -0.15) is 0 Å². The summed E-state index contributed by atoms with van der Waals surface area (Å²) in [6, 6.07) is 5.40. The molecule has 2 rings (SSSR count). The largest absolute Gasteiger partial charge is 0.465 e. The molecule has 0 aromatic carbocycles. The minimum Gasteiger partial charge on any atom is -0.465 e. The molecular formula is C17H20N2O4S. The van der Waals surface area contributed by atoms with Gasteiger partial charge in [0.1, 0.15) is 10.5 Å². The van der Waals surface area contributed by atoms with E-state index in [0.29, 0.717) is 16.3 Å². The van der Waals surface area contributed by atoms with E-state index in [1.807, 2.05) is 13.0 Å². The van der Waals surface area contributed by atoms with Gasteiger partial charge in [-0.05, 0) is 51.5 Å². The van der Waals surface area contributed by atoms with E-state index >= 15 is 0 Å². The molecule has 0 bridgehead atoms. The summed E-state index contributed by atoms with van der Waals surface area (Å²) in [6.07, 6.45) is 1.02. The molecule has 0 saturated heterocycles. The van der Waals surface area contributed by atoms with Crippen LogP contribution in [-0.2, 0) is 9.47 Å². The average molecular weight is 348 g/mol. The van der Waals surface area contributed by atoms with Crippen LogP contribution in [0.4, 0.5) is 10.5 Å². The Bertz CT molecular complexity index is 745. The van der Waals surface area contributed by atoms with Crippen LogP contribution in [0, 0.1) is 6.92 Å². The lowest BCUT2D eigenvalue weighted by Gasteiger charge is -2.19. The van der Waals surface area contributed by atoms with Crippen LogP contribution in [0.2, 0.25) is 0 Å². The van der Waals surface area contributed by atoms with Gasteiger partial charge in [0.25, 0.3) is 0 Å². The molecule has 24 heavy (non-hydrogen) atoms. The molecule has 7 heteroatoms. The lowest BCUT2D eigenvalue weighted by molar-refractivity contribution is 0.0602. The van der Waals surface area contributed by atoms with Crippen molar-refractivity contribution in [3.8, 4) is 10.6 Å². The van der Waals surface area contributed by atoms with Crippen LogP contribution in [0.3, 0.4) is 0 Å². The second kappa shape index (κ2) is 7.00. The SMILES string of the molecule is COC(=O)c1sc(-c2ccc(NC(=O)OC(C)(C)C)cn2)cc1C. The first kappa shape index (κ1) is 17.9. The number of ether oxygens (including phenoxy) is 2. The Balaban J connectivity index is 2.12. The Hall–Kier alpha value is -2.41. The number of methoxy groups -OCH3 is 1. The van der Waals surface area contributed by atoms with Crippen molar-refractivity contribution in [3.63, 3.8) is 0 Å². The molecule has 0 saturated carbocycles. The highest BCUT2D eigenvalue weighted by Gasteiger charge is 2.17. The first-order valence-corrected chi connectivity index (χ1v) is 8.16. The zero-order valence-corrected chi connectivity index (χ0v) is 15.1. The van der Waals surface area contributed by atoms with Crippen LogP contribution < -0.4 is 5.32 Å². The molecule has 6 nitrogen and oxygen atoms in total. The standard InChI is InChI=1S/C17H20N2O4S/c1-10-8-13(24-14(10)15(20)22-5)12-7-6-11(9-18-12)19-16(21)23-17(2,3)4/h6-9H,1-5H3,(H,19,21). The summed E-state index contributed by atoms with van der Waals surface area (Å²) in [7, 11) is 1.36. The van der Waals surface area contributed by atoms with Crippen molar-refractivity contribution < 1.29 is 19.1 Å². The maximum Gasteiger partial charge on any atom is 0.412 e. The number of hydrogen-bond donors (Lipinski definition) is 1. The molecule has 1 N–H and O–H groups in total. The van der Waals surface area contributed by atoms with E-state index in [2.05, 4.69) is 10.3 Å². The highest BCUT2D eigenvalue weighted by Crippen LogP contribution is 2.31. The van der Waals surface area contributed by atoms with Crippen LogP contribution in [0.1, 0.15) is 36.0 Å². The molecule has 2 aromatic rings. The van der Waals surface area contributed by atoms with Gasteiger partial charge in [-0.25, -0.2) is 9.59 Å². The van der Waals surface area contributed by atoms with Gasteiger partial charge in [0.15, 0.2) is 0 Å². The second-order valence-corrected chi connectivity index (χ2v) is 7.23. The monoisotopic (exact) mass is 348 g/mol. The Morgan fingerprint density at radius 2 is 1.96 bits per heavy atom. The van der Waals surface area contributed by atoms with E-state index in [4.69, 9.17) is 9.47 Å². The molecule has 128 valence electrons. The predicted octanol–water partition coefficient (Wildman–Crippen LogP) is 4.25. The van der Waals surface area contributed by atoms with Crippen LogP contribution in [-0.4, -0.2) is 29.8 Å². The zero-order chi connectivity index (χ0) is 17.9. The number of anilines is 1. The minimum absolute atomic E-state index is 0.355. The summed E-state index contributed by atoms with van der Waals surface area (Å²) in [4.78, 5) is 29.1. The predicted molar refractivity (Wildman–Crippen MR) is 93.5 cm³/mol. The zero-order valence-electron chi connectivity index (χ0n) is 14.3. The molecule has 0 aliphatic rings. The van der Waals surface area contributed by atoms with Crippen molar-refractivity contribution in [2.75, 3.05) is 12.4 Å². The number of esters is 1. The fraction of sp³-hybridized carbons (Fsp3) is 0.353. The highest BCUT2D eigenvalue weighted by molar-refractivity contribution is 7.17. The highest BCUT2D eigenvalue weighted by atomic mass is 32.1. The van der Waals surface area contributed by atoms with Crippen molar-refractivity contribution in [1.29, 1.82) is 0 Å². The summed E-state index contributed by atoms with van der Waals surface area (Å²) in [5, 5.41) is 2.63. The van der Waals surface area contributed by atoms with Gasteiger partial charge in [-0.3, -0.25) is 10.3 Å². The summed E-state index contributed by atoms with van der Waals surface area (Å²) in [5.74, 6) is -0.355. The number of thiophene rings is 1. The van der Waals surface area contributed by atoms with Crippen molar-refractivity contribution in [3.05, 3.63) is 34.8 Å². The number of carbonyl (C=O) groups is 2. The minimum atomic E-state index is -0.559. The molecule has 2 aromatic heterocycles. The number of amides is 1. The van der Waals surface area contributed by atoms with Gasteiger partial charge in [-0.15, -0.1) is 11.3 Å². The van der Waals surface area contributed by atoms with Crippen LogP contribution >= 0.6 is 11.3 Å². The molecule has 0 aliphatic heterocycles. The van der Waals surface area contributed by atoms with Crippen molar-refractivity contribution in [2.24, 2.45) is 0 Å². The summed E-state index contributed by atoms with van der Waals surface area (Å²) >= 11 is 1.32. The van der Waals surface area contributed by atoms with Gasteiger partial charge < -0.3 is 9.47 Å². The first-order valence-electron chi connectivity index (χ1n) is 7.35. The van der Waals surface area contributed by atoms with Crippen molar-refractivity contribution >= 4 is 29.1 Å². The molecule has 2 heterocycles. The number of pyridine rings is 1. The number of hydrogen-bond acceptors (Lipinski definition) is 6. The van der Waals surface area contributed by atoms with Crippen LogP contribution in [0.5, 0.6) is 0 Å². The van der Waals surface area contributed by atoms with E-state index in [1.165, 1.54) is 18.4 Å². The van der Waals surface area contributed by atoms with E-state index in [-0.39, 0.29) is 5.97 Å². The summed E-state index contributed by atoms with van der Waals surface area (Å²) in [6.45, 7) is 7.24. The molecule has 0 radical (unpaired) electrons. The second-order valence-electron chi connectivity index (χ2n) is 6.17. The summed E-state index contributed by atoms with van der Waals surface area (Å²) < 4.78 is 9.95. The Morgan fingerprint density at radius 3 is 2.50 bits per heavy atom. The first-order chi connectivity index (χ1) is 11.2. The average Bonchev–Trinajstić information content (AvgIpc) is 2.87. The maximum absolute atomic E-state index is 11.7. The van der Waals surface area contributed by atoms with Gasteiger partial charge in [0, 0.05) is 0 Å². The number of carbonyl (C=O) groups excluding carboxylic acids is 2. The van der Waals surface area contributed by atoms with Gasteiger partial charge in [0.05, 0.1) is 29.6 Å². The topological polar surface area (TPSA) is 77.5 Å². The van der Waals surface area contributed by atoms with Crippen molar-refractivity contribution in [1.82, 2.24) is 4.98 Å². The molecule has 0 aliphatic carbocycles. The number of rotatable bonds is 3. The number of aryl methyl sites for hydroxylation is 1. The van der Waals surface area contributed by atoms with Crippen LogP contribution in [0.15, 0.2) is 24.4 Å². The number of nitrogens with one attached hydrogen (secondary N) is 1. The van der Waals surface area contributed by atoms with Gasteiger partial charge >= 0.3 is 12.1 Å². The fourth-order valence-electron chi connectivity index (χ4n) is 1.94. The third kappa shape index (κ3) is 4.55. The number of nitrogens with zero attached hydrogens (tertiary/aromatic N) is 1. The van der Waals surface area contributed by atoms with Crippen molar-refractivity contribution in [2.45, 2.75) is 33.3 Å². The molecule has 1 amide bonds. The van der Waals surface area contributed by atoms with E-state index < -0.39 is 11.7 Å². The molecule has 0 unspecified atom stereocenters. The van der Waals surface area contributed by atoms with E-state index in [0.717, 1.165) is 10.4 Å². The lowest BCUT2D eigenvalue weighted by Crippen LogP contribution is -2.27. The third-order valence-electron chi connectivity index (χ3n) is 2.95. The summed E-state index contributed by atoms with van der Waals surface area (Å²) in [5.41, 5.74) is 1.54. The maximum atomic E-state index is 11.7. The Labute approximate surface area is 144 Å². The van der Waals surface area contributed by atoms with Crippen LogP contribution in [0.25, 0.3) is 10.6 Å². The normalized spacial score (nSPS) is 11.0. The van der Waals surface area contributed by atoms with E-state index in [1.54, 1.807) is 39.1 Å². The quantitative estimate of drug-likeness (QED) is 0.839. The third-order valence-corrected chi connectivity index (χ3v) is 4.19. The fourth-order valence-corrected chi connectivity index (χ4v) is 3.01. The van der Waals surface area contributed by atoms with Gasteiger partial charge in [-0.1, -0.05) is 0 Å². The molecule has 0 fully saturated rings. The lowest BCUT2D eigenvalue weighted by atomic mass is 10.2. The van der Waals surface area contributed by atoms with Gasteiger partial charge in [0.2, 0.25) is 0 Å². The Kier molecular flexibility index (Phi) is 5.23. The smallest absolute Gasteiger partial charge is 0.412 e. The van der Waals surface area contributed by atoms with E-state index in [9.17, 15) is 9.59 Å². The Morgan fingerprint density at radius 1 is 1.25 bits per heavy atom. The molecule has 0 atom stereocenters. The number of aromatic nitrogens is 1.